The van der Waals surface area contributed by atoms with Crippen molar-refractivity contribution in [3.8, 4) is 0 Å². The average molecular weight is 474 g/mol. The van der Waals surface area contributed by atoms with E-state index in [1.807, 2.05) is 0 Å². The molecule has 11 heteroatoms. The first-order valence-corrected chi connectivity index (χ1v) is 11.4. The number of nitrogens with two attached hydrogens (primary N) is 1. The van der Waals surface area contributed by atoms with Crippen molar-refractivity contribution in [3.63, 3.8) is 0 Å². The number of esters is 1. The Morgan fingerprint density at radius 2 is 1.85 bits per heavy atom. The maximum atomic E-state index is 13.4. The molecule has 33 heavy (non-hydrogen) atoms. The smallest absolute Gasteiger partial charge is 0.336 e. The lowest BCUT2D eigenvalue weighted by atomic mass is 9.47. The van der Waals surface area contributed by atoms with Crippen molar-refractivity contribution in [2.45, 2.75) is 93.9 Å². The fourth-order valence-electron chi connectivity index (χ4n) is 6.56. The highest BCUT2D eigenvalue weighted by molar-refractivity contribution is 5.87. The molecule has 1 saturated heterocycles. The zero-order valence-electron chi connectivity index (χ0n) is 19.0. The van der Waals surface area contributed by atoms with Crippen LogP contribution < -0.4 is 5.73 Å². The molecule has 0 aromatic rings. The van der Waals surface area contributed by atoms with Crippen LogP contribution in [-0.4, -0.2) is 103 Å². The van der Waals surface area contributed by atoms with Gasteiger partial charge >= 0.3 is 5.97 Å². The first kappa shape index (κ1) is 24.9. The third-order valence-corrected chi connectivity index (χ3v) is 8.86. The molecule has 0 radical (unpaired) electrons. The lowest BCUT2D eigenvalue weighted by Crippen LogP contribution is -2.78. The Hall–Kier alpha value is -1.18. The SMILES string of the molecule is C[C@H](N)[C@@H](O)C(=O)O[C@@H]1CC2[C@@H](O)C(=O)C3[C@H]([C@H](O)[C@](O)(C1)C2(C)C)[C@]1(O)CO[C@@H]1C[C@@H]3O. The molecule has 0 amide bonds. The van der Waals surface area contributed by atoms with Crippen molar-refractivity contribution >= 4 is 11.8 Å². The van der Waals surface area contributed by atoms with Gasteiger partial charge in [-0.15, -0.1) is 0 Å². The molecule has 4 fully saturated rings. The normalized spacial score (nSPS) is 50.5. The standard InChI is InChI=1S/C22H35NO10/c1-8(23)15(25)19(29)33-9-4-10-16(26)17(27)13-11(24)5-12-21(30,7-32-12)14(13)18(28)22(31,6-9)20(10,2)3/h8-16,18,24-26,28,30-31H,4-7,23H2,1-3H3/t8-,9+,10?,11-,12+,13?,14+,15+,16+,18-,21-,22+/m0/s1. The predicted molar refractivity (Wildman–Crippen MR) is 110 cm³/mol. The number of ether oxygens (including phenoxy) is 2. The van der Waals surface area contributed by atoms with Crippen molar-refractivity contribution in [2.24, 2.45) is 28.9 Å². The van der Waals surface area contributed by atoms with Crippen molar-refractivity contribution in [3.05, 3.63) is 0 Å². The number of ketones is 1. The summed E-state index contributed by atoms with van der Waals surface area (Å²) in [4.78, 5) is 25.7. The number of aliphatic hydroxyl groups excluding tert-OH is 4. The molecule has 0 spiro atoms. The van der Waals surface area contributed by atoms with Crippen LogP contribution in [0.15, 0.2) is 0 Å². The van der Waals surface area contributed by atoms with Crippen LogP contribution in [-0.2, 0) is 19.1 Å². The predicted octanol–water partition coefficient (Wildman–Crippen LogP) is -2.79. The summed E-state index contributed by atoms with van der Waals surface area (Å²) in [7, 11) is 0. The Bertz CT molecular complexity index is 819. The summed E-state index contributed by atoms with van der Waals surface area (Å²) >= 11 is 0. The summed E-state index contributed by atoms with van der Waals surface area (Å²) in [6.45, 7) is 4.44. The van der Waals surface area contributed by atoms with E-state index >= 15 is 0 Å². The molecule has 3 saturated carbocycles. The van der Waals surface area contributed by atoms with Crippen LogP contribution in [0.5, 0.6) is 0 Å². The number of hydrogen-bond acceptors (Lipinski definition) is 11. The second-order valence-electron chi connectivity index (χ2n) is 11.0. The van der Waals surface area contributed by atoms with Crippen LogP contribution in [0.4, 0.5) is 0 Å². The molecule has 8 N–H and O–H groups in total. The maximum absolute atomic E-state index is 13.4. The van der Waals surface area contributed by atoms with E-state index < -0.39 is 88.8 Å². The summed E-state index contributed by atoms with van der Waals surface area (Å²) < 4.78 is 10.7. The summed E-state index contributed by atoms with van der Waals surface area (Å²) in [5.41, 5.74) is 0.626. The largest absolute Gasteiger partial charge is 0.460 e. The van der Waals surface area contributed by atoms with Crippen molar-refractivity contribution in [1.82, 2.24) is 0 Å². The number of Topliss-reactive ketones (excluding diaryl/α,β-unsaturated/α-hetero) is 1. The van der Waals surface area contributed by atoms with Gasteiger partial charge < -0.3 is 45.8 Å². The number of rotatable bonds is 3. The highest BCUT2D eigenvalue weighted by atomic mass is 16.6. The van der Waals surface area contributed by atoms with Crippen molar-refractivity contribution < 1.29 is 49.7 Å². The van der Waals surface area contributed by atoms with Gasteiger partial charge in [-0.05, 0) is 13.3 Å². The first-order chi connectivity index (χ1) is 15.2. The van der Waals surface area contributed by atoms with Crippen LogP contribution in [0.25, 0.3) is 0 Å². The molecule has 0 aromatic carbocycles. The molecule has 1 aliphatic heterocycles. The minimum Gasteiger partial charge on any atom is -0.460 e. The summed E-state index contributed by atoms with van der Waals surface area (Å²) in [5.74, 6) is -5.31. The van der Waals surface area contributed by atoms with E-state index in [-0.39, 0.29) is 25.9 Å². The highest BCUT2D eigenvalue weighted by Gasteiger charge is 2.72. The molecule has 11 nitrogen and oxygen atoms in total. The quantitative estimate of drug-likeness (QED) is 0.209. The lowest BCUT2D eigenvalue weighted by Gasteiger charge is -2.64. The summed E-state index contributed by atoms with van der Waals surface area (Å²) in [6, 6.07) is -0.905. The van der Waals surface area contributed by atoms with Crippen LogP contribution in [0, 0.1) is 23.2 Å². The Morgan fingerprint density at radius 3 is 2.39 bits per heavy atom. The third kappa shape index (κ3) is 3.40. The van der Waals surface area contributed by atoms with E-state index in [9.17, 15) is 40.2 Å². The van der Waals surface area contributed by atoms with Gasteiger partial charge in [-0.25, -0.2) is 4.79 Å². The van der Waals surface area contributed by atoms with Crippen molar-refractivity contribution in [2.75, 3.05) is 6.61 Å². The highest BCUT2D eigenvalue weighted by Crippen LogP contribution is 2.59. The molecule has 1 heterocycles. The zero-order valence-corrected chi connectivity index (χ0v) is 19.0. The van der Waals surface area contributed by atoms with Gasteiger partial charge in [0.2, 0.25) is 0 Å². The number of carbonyl (C=O) groups is 2. The van der Waals surface area contributed by atoms with Crippen LogP contribution in [0.3, 0.4) is 0 Å². The molecule has 12 atom stereocenters. The second-order valence-corrected chi connectivity index (χ2v) is 11.0. The Balaban J connectivity index is 1.76. The number of carbonyl (C=O) groups excluding carboxylic acids is 2. The molecular weight excluding hydrogens is 438 g/mol. The molecule has 188 valence electrons. The van der Waals surface area contributed by atoms with Crippen LogP contribution in [0.2, 0.25) is 0 Å². The lowest BCUT2D eigenvalue weighted by molar-refractivity contribution is -0.338. The fraction of sp³-hybridized carbons (Fsp3) is 0.909. The Kier molecular flexibility index (Phi) is 5.98. The molecule has 4 aliphatic rings. The number of aliphatic hydroxyl groups is 6. The van der Waals surface area contributed by atoms with Gasteiger partial charge in [0.25, 0.3) is 0 Å². The molecule has 4 rings (SSSR count). The Labute approximate surface area is 191 Å². The molecule has 2 bridgehead atoms. The van der Waals surface area contributed by atoms with E-state index in [2.05, 4.69) is 0 Å². The molecule has 3 aliphatic carbocycles. The maximum Gasteiger partial charge on any atom is 0.336 e. The van der Waals surface area contributed by atoms with Gasteiger partial charge in [0.1, 0.15) is 17.8 Å². The van der Waals surface area contributed by atoms with Gasteiger partial charge in [0.15, 0.2) is 11.9 Å². The topological polar surface area (TPSA) is 200 Å². The zero-order chi connectivity index (χ0) is 24.7. The third-order valence-electron chi connectivity index (χ3n) is 8.86. The second kappa shape index (κ2) is 7.92. The molecule has 2 unspecified atom stereocenters. The summed E-state index contributed by atoms with van der Waals surface area (Å²) in [6.07, 6.45) is -8.44. The minimum absolute atomic E-state index is 0.0180. The van der Waals surface area contributed by atoms with Gasteiger partial charge in [0, 0.05) is 36.1 Å². The average Bonchev–Trinajstić information content (AvgIpc) is 2.73. The van der Waals surface area contributed by atoms with E-state index in [1.165, 1.54) is 6.92 Å². The minimum atomic E-state index is -2.02. The fourth-order valence-corrected chi connectivity index (χ4v) is 6.56. The van der Waals surface area contributed by atoms with E-state index in [1.54, 1.807) is 13.8 Å². The van der Waals surface area contributed by atoms with Gasteiger partial charge in [0.05, 0.1) is 36.4 Å². The summed E-state index contributed by atoms with van der Waals surface area (Å²) in [5, 5.41) is 66.5. The van der Waals surface area contributed by atoms with Gasteiger partial charge in [-0.1, -0.05) is 13.8 Å². The number of hydrogen-bond donors (Lipinski definition) is 7. The Morgan fingerprint density at radius 1 is 1.21 bits per heavy atom. The van der Waals surface area contributed by atoms with E-state index in [0.29, 0.717) is 0 Å². The monoisotopic (exact) mass is 473 g/mol. The van der Waals surface area contributed by atoms with Crippen LogP contribution >= 0.6 is 0 Å². The van der Waals surface area contributed by atoms with E-state index in [0.717, 1.165) is 0 Å². The van der Waals surface area contributed by atoms with Gasteiger partial charge in [-0.3, -0.25) is 4.79 Å². The number of fused-ring (bicyclic) bond motifs is 5. The van der Waals surface area contributed by atoms with Crippen molar-refractivity contribution in [1.29, 1.82) is 0 Å². The molecular formula is C22H35NO10. The molecule has 0 aromatic heterocycles. The van der Waals surface area contributed by atoms with E-state index in [4.69, 9.17) is 15.2 Å². The first-order valence-electron chi connectivity index (χ1n) is 11.4. The van der Waals surface area contributed by atoms with Crippen LogP contribution in [0.1, 0.15) is 40.0 Å². The van der Waals surface area contributed by atoms with Gasteiger partial charge in [-0.2, -0.15) is 0 Å².